The summed E-state index contributed by atoms with van der Waals surface area (Å²) in [6.45, 7) is 2.31. The summed E-state index contributed by atoms with van der Waals surface area (Å²) in [7, 11) is 1.70. The molecule has 3 aliphatic carbocycles. The number of ether oxygens (including phenoxy) is 3. The quantitative estimate of drug-likeness (QED) is 0.389. The second-order valence-corrected chi connectivity index (χ2v) is 10.8. The largest absolute Gasteiger partial charge is 0.508 e. The molecular weight excluding hydrogens is 412 g/mol. The van der Waals surface area contributed by atoms with Gasteiger partial charge < -0.3 is 14.2 Å². The van der Waals surface area contributed by atoms with Crippen LogP contribution in [0.1, 0.15) is 108 Å². The molecule has 1 aromatic rings. The summed E-state index contributed by atoms with van der Waals surface area (Å²) in [5.41, 5.74) is 1.35. The van der Waals surface area contributed by atoms with Crippen LogP contribution in [0.4, 0.5) is 4.79 Å². The van der Waals surface area contributed by atoms with Crippen molar-refractivity contribution in [3.05, 3.63) is 29.8 Å². The van der Waals surface area contributed by atoms with E-state index < -0.39 is 6.16 Å². The number of carbonyl (C=O) groups excluding carboxylic acids is 1. The van der Waals surface area contributed by atoms with Gasteiger partial charge in [-0.3, -0.25) is 0 Å². The molecule has 0 heterocycles. The van der Waals surface area contributed by atoms with Crippen molar-refractivity contribution < 1.29 is 19.0 Å². The molecular formula is C29H44O4. The summed E-state index contributed by atoms with van der Waals surface area (Å²) in [5.74, 6) is 4.17. The lowest BCUT2D eigenvalue weighted by Crippen LogP contribution is -2.31. The van der Waals surface area contributed by atoms with Crippen LogP contribution in [0.15, 0.2) is 24.3 Å². The predicted molar refractivity (Wildman–Crippen MR) is 132 cm³/mol. The molecule has 33 heavy (non-hydrogen) atoms. The van der Waals surface area contributed by atoms with Crippen molar-refractivity contribution in [1.82, 2.24) is 0 Å². The number of rotatable bonds is 7. The highest BCUT2D eigenvalue weighted by Crippen LogP contribution is 2.41. The van der Waals surface area contributed by atoms with Crippen molar-refractivity contribution in [2.45, 2.75) is 115 Å². The number of benzene rings is 1. The van der Waals surface area contributed by atoms with Gasteiger partial charge in [-0.15, -0.1) is 0 Å². The maximum absolute atomic E-state index is 12.4. The Morgan fingerprint density at radius 2 is 1.27 bits per heavy atom. The van der Waals surface area contributed by atoms with Gasteiger partial charge in [-0.05, 0) is 106 Å². The molecule has 1 aromatic carbocycles. The topological polar surface area (TPSA) is 44.8 Å². The third kappa shape index (κ3) is 6.90. The molecule has 3 aliphatic rings. The molecule has 4 rings (SSSR count). The molecule has 0 aliphatic heterocycles. The van der Waals surface area contributed by atoms with Crippen molar-refractivity contribution in [1.29, 1.82) is 0 Å². The van der Waals surface area contributed by atoms with E-state index in [1.807, 2.05) is 12.1 Å². The van der Waals surface area contributed by atoms with Crippen LogP contribution in [0.3, 0.4) is 0 Å². The molecule has 4 nitrogen and oxygen atoms in total. The van der Waals surface area contributed by atoms with Gasteiger partial charge in [0.15, 0.2) is 0 Å². The van der Waals surface area contributed by atoms with Crippen LogP contribution >= 0.6 is 0 Å². The van der Waals surface area contributed by atoms with Crippen molar-refractivity contribution in [2.75, 3.05) is 7.11 Å². The maximum Gasteiger partial charge on any atom is 0.508 e. The van der Waals surface area contributed by atoms with Crippen LogP contribution in [0, 0.1) is 17.8 Å². The van der Waals surface area contributed by atoms with Crippen LogP contribution in [-0.2, 0) is 9.47 Å². The minimum atomic E-state index is -0.438. The minimum Gasteiger partial charge on any atom is -0.497 e. The van der Waals surface area contributed by atoms with E-state index in [0.29, 0.717) is 5.92 Å². The average molecular weight is 457 g/mol. The first-order chi connectivity index (χ1) is 16.1. The van der Waals surface area contributed by atoms with Crippen LogP contribution in [0.5, 0.6) is 5.75 Å². The van der Waals surface area contributed by atoms with E-state index in [4.69, 9.17) is 14.2 Å². The standard InChI is InChI=1S/C29H44O4/c1-3-4-21-5-7-22(8-6-21)24-11-17-27(18-12-24)32-29(30)33-28-19-13-25(14-20-28)23-9-15-26(31-2)16-10-23/h9-10,15-16,21-22,24-25,27-28H,3-8,11-14,17-20H2,1-2H3/t21-,22-,24-,25-,27-,28-. The fourth-order valence-corrected chi connectivity index (χ4v) is 6.72. The van der Waals surface area contributed by atoms with Crippen LogP contribution in [0.2, 0.25) is 0 Å². The van der Waals surface area contributed by atoms with Crippen LogP contribution < -0.4 is 4.74 Å². The van der Waals surface area contributed by atoms with Crippen LogP contribution in [0.25, 0.3) is 0 Å². The summed E-state index contributed by atoms with van der Waals surface area (Å²) in [5, 5.41) is 0. The van der Waals surface area contributed by atoms with E-state index >= 15 is 0 Å². The van der Waals surface area contributed by atoms with Crippen LogP contribution in [-0.4, -0.2) is 25.5 Å². The smallest absolute Gasteiger partial charge is 0.497 e. The Hall–Kier alpha value is -1.71. The summed E-state index contributed by atoms with van der Waals surface area (Å²) < 4.78 is 16.7. The maximum atomic E-state index is 12.4. The molecule has 0 unspecified atom stereocenters. The molecule has 0 bridgehead atoms. The zero-order chi connectivity index (χ0) is 23.0. The molecule has 0 radical (unpaired) electrons. The lowest BCUT2D eigenvalue weighted by molar-refractivity contribution is -0.0271. The van der Waals surface area contributed by atoms with E-state index in [2.05, 4.69) is 19.1 Å². The minimum absolute atomic E-state index is 0.00152. The highest BCUT2D eigenvalue weighted by Gasteiger charge is 2.33. The van der Waals surface area contributed by atoms with E-state index in [-0.39, 0.29) is 12.2 Å². The molecule has 4 heteroatoms. The number of methoxy groups -OCH3 is 1. The third-order valence-corrected chi connectivity index (χ3v) is 8.76. The lowest BCUT2D eigenvalue weighted by Gasteiger charge is -2.37. The molecule has 0 saturated heterocycles. The number of hydrogen-bond acceptors (Lipinski definition) is 4. The van der Waals surface area contributed by atoms with Gasteiger partial charge in [0.2, 0.25) is 0 Å². The molecule has 184 valence electrons. The Kier molecular flexibility index (Phi) is 8.97. The Balaban J connectivity index is 1.12. The highest BCUT2D eigenvalue weighted by molar-refractivity contribution is 5.60. The Bertz CT molecular complexity index is 706. The fourth-order valence-electron chi connectivity index (χ4n) is 6.72. The Labute approximate surface area is 200 Å². The van der Waals surface area contributed by atoms with Crippen molar-refractivity contribution in [2.24, 2.45) is 17.8 Å². The third-order valence-electron chi connectivity index (χ3n) is 8.76. The van der Waals surface area contributed by atoms with E-state index in [9.17, 15) is 4.79 Å². The SMILES string of the molecule is CCC[C@H]1CC[C@H]([C@H]2CC[C@H](OC(=O)O[C@H]3CC[C@H](c4ccc(OC)cc4)CC3)CC2)CC1. The fraction of sp³-hybridized carbons (Fsp3) is 0.759. The van der Waals surface area contributed by atoms with Gasteiger partial charge in [0, 0.05) is 0 Å². The summed E-state index contributed by atoms with van der Waals surface area (Å²) in [6.07, 6.45) is 16.5. The number of carbonyl (C=O) groups is 1. The van der Waals surface area contributed by atoms with Gasteiger partial charge in [-0.2, -0.15) is 0 Å². The van der Waals surface area contributed by atoms with Gasteiger partial charge in [0.25, 0.3) is 0 Å². The number of hydrogen-bond donors (Lipinski definition) is 0. The first kappa shape index (κ1) is 24.4. The van der Waals surface area contributed by atoms with Gasteiger partial charge in [-0.25, -0.2) is 4.79 Å². The molecule has 0 spiro atoms. The normalized spacial score (nSPS) is 32.7. The van der Waals surface area contributed by atoms with Crippen molar-refractivity contribution >= 4 is 6.16 Å². The first-order valence-electron chi connectivity index (χ1n) is 13.7. The van der Waals surface area contributed by atoms with Crippen molar-refractivity contribution in [3.63, 3.8) is 0 Å². The molecule has 0 amide bonds. The molecule has 0 atom stereocenters. The summed E-state index contributed by atoms with van der Waals surface area (Å²) in [4.78, 5) is 12.4. The monoisotopic (exact) mass is 456 g/mol. The van der Waals surface area contributed by atoms with E-state index in [1.54, 1.807) is 7.11 Å². The zero-order valence-electron chi connectivity index (χ0n) is 20.8. The molecule has 0 N–H and O–H groups in total. The second kappa shape index (κ2) is 12.1. The molecule has 3 saturated carbocycles. The van der Waals surface area contributed by atoms with Gasteiger partial charge in [0.1, 0.15) is 18.0 Å². The lowest BCUT2D eigenvalue weighted by atomic mass is 9.70. The average Bonchev–Trinajstić information content (AvgIpc) is 2.86. The first-order valence-corrected chi connectivity index (χ1v) is 13.7. The highest BCUT2D eigenvalue weighted by atomic mass is 16.7. The summed E-state index contributed by atoms with van der Waals surface area (Å²) >= 11 is 0. The molecule has 3 fully saturated rings. The Morgan fingerprint density at radius 3 is 1.79 bits per heavy atom. The van der Waals surface area contributed by atoms with Gasteiger partial charge >= 0.3 is 6.16 Å². The van der Waals surface area contributed by atoms with E-state index in [1.165, 1.54) is 56.9 Å². The zero-order valence-corrected chi connectivity index (χ0v) is 20.8. The van der Waals surface area contributed by atoms with E-state index in [0.717, 1.165) is 62.0 Å². The van der Waals surface area contributed by atoms with Gasteiger partial charge in [-0.1, -0.05) is 44.7 Å². The Morgan fingerprint density at radius 1 is 0.758 bits per heavy atom. The predicted octanol–water partition coefficient (Wildman–Crippen LogP) is 8.04. The summed E-state index contributed by atoms with van der Waals surface area (Å²) in [6, 6.07) is 8.38. The molecule has 0 aromatic heterocycles. The van der Waals surface area contributed by atoms with Gasteiger partial charge in [0.05, 0.1) is 7.11 Å². The van der Waals surface area contributed by atoms with Crippen molar-refractivity contribution in [3.8, 4) is 5.75 Å². The second-order valence-electron chi connectivity index (χ2n) is 10.8.